The number of hydrogen-bond acceptors (Lipinski definition) is 8. The molecule has 0 saturated carbocycles. The molecule has 0 aromatic carbocycles. The molecule has 12 heteroatoms. The number of β-lactam (4-membered cyclic amide) rings is 1. The summed E-state index contributed by atoms with van der Waals surface area (Å²) in [5.41, 5.74) is 0.221. The lowest BCUT2D eigenvalue weighted by Crippen LogP contribution is -2.68. The average molecular weight is 424 g/mol. The molecule has 11 nitrogen and oxygen atoms in total. The molecule has 1 fully saturated rings. The maximum Gasteiger partial charge on any atom is 0.352 e. The first-order valence-corrected chi connectivity index (χ1v) is 9.87. The fourth-order valence-corrected chi connectivity index (χ4v) is 4.48. The van der Waals surface area contributed by atoms with Gasteiger partial charge in [-0.1, -0.05) is 0 Å². The van der Waals surface area contributed by atoms with Gasteiger partial charge in [0.1, 0.15) is 23.7 Å². The number of aromatic nitrogens is 2. The van der Waals surface area contributed by atoms with E-state index in [2.05, 4.69) is 10.3 Å². The minimum absolute atomic E-state index is 0.0180. The Morgan fingerprint density at radius 2 is 2.14 bits per heavy atom. The average Bonchev–Trinajstić information content (AvgIpc) is 3.10. The van der Waals surface area contributed by atoms with Crippen molar-refractivity contribution < 1.29 is 34.1 Å². The summed E-state index contributed by atoms with van der Waals surface area (Å²) in [5.74, 6) is -2.35. The zero-order valence-corrected chi connectivity index (χ0v) is 16.3. The normalized spacial score (nSPS) is 20.7. The van der Waals surface area contributed by atoms with Gasteiger partial charge in [0.2, 0.25) is 5.95 Å². The van der Waals surface area contributed by atoms with Crippen LogP contribution in [-0.2, 0) is 30.5 Å². The molecule has 2 atom stereocenters. The number of ether oxygens (including phenoxy) is 1. The van der Waals surface area contributed by atoms with E-state index in [1.807, 2.05) is 0 Å². The Morgan fingerprint density at radius 1 is 1.38 bits per heavy atom. The lowest BCUT2D eigenvalue weighted by molar-refractivity contribution is -0.147. The van der Waals surface area contributed by atoms with Crippen LogP contribution in [0.25, 0.3) is 0 Å². The van der Waals surface area contributed by atoms with Gasteiger partial charge in [-0.05, 0) is 6.42 Å². The number of carboxylic acids is 2. The molecule has 1 unspecified atom stereocenters. The first-order valence-electron chi connectivity index (χ1n) is 8.82. The van der Waals surface area contributed by atoms with Crippen molar-refractivity contribution in [3.63, 3.8) is 0 Å². The van der Waals surface area contributed by atoms with Gasteiger partial charge in [-0.3, -0.25) is 19.3 Å². The largest absolute Gasteiger partial charge is 0.481 e. The van der Waals surface area contributed by atoms with Gasteiger partial charge in [-0.25, -0.2) is 9.78 Å². The van der Waals surface area contributed by atoms with Crippen LogP contribution < -0.4 is 5.32 Å². The van der Waals surface area contributed by atoms with Crippen LogP contribution in [0.4, 0.5) is 5.95 Å². The minimum atomic E-state index is -1.25. The lowest BCUT2D eigenvalue weighted by Gasteiger charge is -2.49. The minimum Gasteiger partial charge on any atom is -0.481 e. The smallest absolute Gasteiger partial charge is 0.352 e. The predicted molar refractivity (Wildman–Crippen MR) is 101 cm³/mol. The number of thioether (sulfide) groups is 1. The SMILES string of the molecule is CC(=O)OCC1=C(C(=O)O)N2C(=O)C(Nc3nccn3CCCC(=O)O)[C@H]2SC1. The van der Waals surface area contributed by atoms with E-state index in [9.17, 15) is 24.3 Å². The molecule has 29 heavy (non-hydrogen) atoms. The molecule has 0 aliphatic carbocycles. The fraction of sp³-hybridized carbons (Fsp3) is 0.471. The number of carbonyl (C=O) groups excluding carboxylic acids is 2. The summed E-state index contributed by atoms with van der Waals surface area (Å²) in [6.45, 7) is 1.48. The van der Waals surface area contributed by atoms with E-state index in [-0.39, 0.29) is 18.7 Å². The fourth-order valence-electron chi connectivity index (χ4n) is 3.15. The molecule has 0 bridgehead atoms. The molecule has 3 N–H and O–H groups in total. The highest BCUT2D eigenvalue weighted by Crippen LogP contribution is 2.41. The van der Waals surface area contributed by atoms with Crippen LogP contribution >= 0.6 is 11.8 Å². The molecule has 2 aliphatic heterocycles. The van der Waals surface area contributed by atoms with Gasteiger partial charge >= 0.3 is 17.9 Å². The summed E-state index contributed by atoms with van der Waals surface area (Å²) in [6, 6.07) is -0.662. The van der Waals surface area contributed by atoms with Crippen LogP contribution in [0.15, 0.2) is 23.7 Å². The van der Waals surface area contributed by atoms with Crippen LogP contribution in [0.3, 0.4) is 0 Å². The molecule has 156 valence electrons. The van der Waals surface area contributed by atoms with Gasteiger partial charge in [-0.15, -0.1) is 11.8 Å². The highest BCUT2D eigenvalue weighted by atomic mass is 32.2. The van der Waals surface area contributed by atoms with Crippen molar-refractivity contribution in [2.24, 2.45) is 0 Å². The van der Waals surface area contributed by atoms with Gasteiger partial charge < -0.3 is 24.8 Å². The third-order valence-electron chi connectivity index (χ3n) is 4.49. The number of hydrogen-bond donors (Lipinski definition) is 3. The van der Waals surface area contributed by atoms with Crippen molar-refractivity contribution in [1.29, 1.82) is 0 Å². The van der Waals surface area contributed by atoms with Crippen molar-refractivity contribution in [3.05, 3.63) is 23.7 Å². The van der Waals surface area contributed by atoms with Crippen LogP contribution in [-0.4, -0.2) is 72.3 Å². The molecular formula is C17H20N4O7S. The van der Waals surface area contributed by atoms with Crippen LogP contribution in [0.1, 0.15) is 19.8 Å². The number of esters is 1. The van der Waals surface area contributed by atoms with Crippen molar-refractivity contribution in [1.82, 2.24) is 14.5 Å². The second-order valence-corrected chi connectivity index (χ2v) is 7.62. The quantitative estimate of drug-likeness (QED) is 0.374. The highest BCUT2D eigenvalue weighted by Gasteiger charge is 2.54. The van der Waals surface area contributed by atoms with E-state index in [0.717, 1.165) is 0 Å². The number of fused-ring (bicyclic) bond motifs is 1. The van der Waals surface area contributed by atoms with Crippen LogP contribution in [0.5, 0.6) is 0 Å². The van der Waals surface area contributed by atoms with Crippen molar-refractivity contribution >= 4 is 41.5 Å². The molecule has 0 radical (unpaired) electrons. The topological polar surface area (TPSA) is 151 Å². The van der Waals surface area contributed by atoms with Gasteiger partial charge in [0, 0.05) is 43.6 Å². The molecule has 1 aromatic rings. The number of nitrogens with zero attached hydrogens (tertiary/aromatic N) is 3. The molecule has 1 saturated heterocycles. The molecule has 1 aromatic heterocycles. The third-order valence-corrected chi connectivity index (χ3v) is 5.83. The summed E-state index contributed by atoms with van der Waals surface area (Å²) in [6.07, 6.45) is 3.65. The predicted octanol–water partition coefficient (Wildman–Crippen LogP) is 0.345. The number of anilines is 1. The highest BCUT2D eigenvalue weighted by molar-refractivity contribution is 8.00. The second-order valence-electron chi connectivity index (χ2n) is 6.51. The Morgan fingerprint density at radius 3 is 2.79 bits per heavy atom. The van der Waals surface area contributed by atoms with E-state index < -0.39 is 35.2 Å². The zero-order valence-electron chi connectivity index (χ0n) is 15.5. The summed E-state index contributed by atoms with van der Waals surface area (Å²) in [5, 5.41) is 20.9. The van der Waals surface area contributed by atoms with Crippen molar-refractivity contribution in [2.75, 3.05) is 17.7 Å². The van der Waals surface area contributed by atoms with E-state index in [4.69, 9.17) is 9.84 Å². The standard InChI is InChI=1S/C17H20N4O7S/c1-9(22)28-7-10-8-29-15-12(14(25)21(15)13(10)16(26)27)19-17-18-4-6-20(17)5-2-3-11(23)24/h4,6,12,15H,2-3,5,7-8H2,1H3,(H,18,19)(H,23,24)(H,26,27)/t12?,15-/m1/s1. The Hall–Kier alpha value is -3.02. The second kappa shape index (κ2) is 8.55. The number of aryl methyl sites for hydroxylation is 1. The molecule has 0 spiro atoms. The van der Waals surface area contributed by atoms with Gasteiger partial charge in [0.05, 0.1) is 0 Å². The van der Waals surface area contributed by atoms with Crippen LogP contribution in [0, 0.1) is 0 Å². The maximum absolute atomic E-state index is 12.7. The van der Waals surface area contributed by atoms with E-state index >= 15 is 0 Å². The zero-order chi connectivity index (χ0) is 21.1. The van der Waals surface area contributed by atoms with Crippen LogP contribution in [0.2, 0.25) is 0 Å². The number of aliphatic carboxylic acids is 2. The Balaban J connectivity index is 1.70. The van der Waals surface area contributed by atoms with Crippen molar-refractivity contribution in [3.8, 4) is 0 Å². The van der Waals surface area contributed by atoms with E-state index in [0.29, 0.717) is 30.2 Å². The number of nitrogens with one attached hydrogen (secondary N) is 1. The van der Waals surface area contributed by atoms with E-state index in [1.54, 1.807) is 10.8 Å². The summed E-state index contributed by atoms with van der Waals surface area (Å²) >= 11 is 1.37. The van der Waals surface area contributed by atoms with Gasteiger partial charge in [-0.2, -0.15) is 0 Å². The Labute approximate surface area is 169 Å². The maximum atomic E-state index is 12.7. The molecule has 1 amide bonds. The summed E-state index contributed by atoms with van der Waals surface area (Å²) < 4.78 is 6.62. The van der Waals surface area contributed by atoms with E-state index in [1.165, 1.54) is 29.8 Å². The molecule has 2 aliphatic rings. The monoisotopic (exact) mass is 424 g/mol. The summed E-state index contributed by atoms with van der Waals surface area (Å²) in [7, 11) is 0. The molecular weight excluding hydrogens is 404 g/mol. The van der Waals surface area contributed by atoms with Gasteiger partial charge in [0.25, 0.3) is 5.91 Å². The number of carbonyl (C=O) groups is 4. The van der Waals surface area contributed by atoms with Gasteiger partial charge in [0.15, 0.2) is 0 Å². The third kappa shape index (κ3) is 4.36. The number of imidazole rings is 1. The van der Waals surface area contributed by atoms with Crippen molar-refractivity contribution in [2.45, 2.75) is 37.7 Å². The first kappa shape index (κ1) is 20.7. The Bertz CT molecular complexity index is 881. The Kier molecular flexibility index (Phi) is 6.11. The number of carboxylic acid groups (broad SMARTS) is 2. The number of rotatable bonds is 9. The lowest BCUT2D eigenvalue weighted by atomic mass is 10.0. The summed E-state index contributed by atoms with van der Waals surface area (Å²) in [4.78, 5) is 51.4. The molecule has 3 heterocycles. The number of amides is 1. The molecule has 3 rings (SSSR count). The first-order chi connectivity index (χ1) is 13.8.